The first-order chi connectivity index (χ1) is 10.3. The second kappa shape index (κ2) is 5.97. The second-order valence-corrected chi connectivity index (χ2v) is 4.97. The standard InChI is InChI=1S/C15H16FN3O3/c1-8-13(14(20)17-9(2)15(21)22)10(3)19(18-8)12-6-4-11(16)5-7-12/h4-7,9H,1-3H3,(H,17,20)(H,21,22)/t9-/m1/s1. The van der Waals surface area contributed by atoms with Crippen LogP contribution in [0.1, 0.15) is 28.7 Å². The van der Waals surface area contributed by atoms with Crippen molar-refractivity contribution < 1.29 is 19.1 Å². The number of amides is 1. The van der Waals surface area contributed by atoms with Crippen LogP contribution >= 0.6 is 0 Å². The van der Waals surface area contributed by atoms with E-state index in [1.807, 2.05) is 0 Å². The number of aromatic nitrogens is 2. The van der Waals surface area contributed by atoms with Gasteiger partial charge in [0.25, 0.3) is 5.91 Å². The topological polar surface area (TPSA) is 84.2 Å². The summed E-state index contributed by atoms with van der Waals surface area (Å²) in [6, 6.07) is 4.71. The van der Waals surface area contributed by atoms with E-state index in [1.54, 1.807) is 26.0 Å². The minimum Gasteiger partial charge on any atom is -0.480 e. The summed E-state index contributed by atoms with van der Waals surface area (Å²) < 4.78 is 14.5. The minimum atomic E-state index is -1.12. The summed E-state index contributed by atoms with van der Waals surface area (Å²) in [5.74, 6) is -1.98. The van der Waals surface area contributed by atoms with Crippen LogP contribution in [0.25, 0.3) is 5.69 Å². The van der Waals surface area contributed by atoms with Gasteiger partial charge in [0.15, 0.2) is 0 Å². The Morgan fingerprint density at radius 1 is 1.27 bits per heavy atom. The number of carboxylic acids is 1. The summed E-state index contributed by atoms with van der Waals surface area (Å²) in [5.41, 5.74) is 1.96. The molecule has 22 heavy (non-hydrogen) atoms. The lowest BCUT2D eigenvalue weighted by molar-refractivity contribution is -0.138. The Kier molecular flexibility index (Phi) is 4.25. The molecule has 0 fully saturated rings. The van der Waals surface area contributed by atoms with E-state index < -0.39 is 17.9 Å². The number of nitrogens with one attached hydrogen (secondary N) is 1. The number of halogens is 1. The van der Waals surface area contributed by atoms with Gasteiger partial charge in [0.05, 0.1) is 22.6 Å². The molecule has 0 unspecified atom stereocenters. The molecule has 0 bridgehead atoms. The molecule has 0 spiro atoms. The number of hydrogen-bond acceptors (Lipinski definition) is 3. The molecule has 2 N–H and O–H groups in total. The summed E-state index contributed by atoms with van der Waals surface area (Å²) in [7, 11) is 0. The maximum atomic E-state index is 13.0. The molecular weight excluding hydrogens is 289 g/mol. The summed E-state index contributed by atoms with van der Waals surface area (Å²) in [4.78, 5) is 23.0. The highest BCUT2D eigenvalue weighted by Gasteiger charge is 2.22. The fourth-order valence-electron chi connectivity index (χ4n) is 2.14. The molecule has 1 aromatic carbocycles. The molecule has 0 aliphatic carbocycles. The van der Waals surface area contributed by atoms with E-state index in [-0.39, 0.29) is 5.82 Å². The smallest absolute Gasteiger partial charge is 0.325 e. The largest absolute Gasteiger partial charge is 0.480 e. The van der Waals surface area contributed by atoms with Gasteiger partial charge >= 0.3 is 5.97 Å². The lowest BCUT2D eigenvalue weighted by Gasteiger charge is -2.09. The third-order valence-corrected chi connectivity index (χ3v) is 3.31. The van der Waals surface area contributed by atoms with Gasteiger partial charge in [-0.25, -0.2) is 9.07 Å². The number of hydrogen-bond donors (Lipinski definition) is 2. The molecular formula is C15H16FN3O3. The van der Waals surface area contributed by atoms with Gasteiger partial charge < -0.3 is 10.4 Å². The third kappa shape index (κ3) is 2.98. The van der Waals surface area contributed by atoms with Gasteiger partial charge in [0, 0.05) is 0 Å². The van der Waals surface area contributed by atoms with Crippen molar-refractivity contribution in [2.75, 3.05) is 0 Å². The average molecular weight is 305 g/mol. The first kappa shape index (κ1) is 15.7. The highest BCUT2D eigenvalue weighted by Crippen LogP contribution is 2.18. The number of rotatable bonds is 4. The zero-order valence-corrected chi connectivity index (χ0v) is 12.4. The molecule has 2 rings (SSSR count). The Bertz CT molecular complexity index is 722. The molecule has 1 aromatic heterocycles. The Balaban J connectivity index is 2.37. The quantitative estimate of drug-likeness (QED) is 0.902. The minimum absolute atomic E-state index is 0.317. The van der Waals surface area contributed by atoms with Gasteiger partial charge in [-0.3, -0.25) is 9.59 Å². The van der Waals surface area contributed by atoms with E-state index in [1.165, 1.54) is 23.7 Å². The molecule has 0 aliphatic rings. The number of benzene rings is 1. The van der Waals surface area contributed by atoms with Crippen molar-refractivity contribution in [1.82, 2.24) is 15.1 Å². The second-order valence-electron chi connectivity index (χ2n) is 4.97. The molecule has 116 valence electrons. The highest BCUT2D eigenvalue weighted by molar-refractivity contribution is 5.98. The SMILES string of the molecule is Cc1nn(-c2ccc(F)cc2)c(C)c1C(=O)N[C@H](C)C(=O)O. The van der Waals surface area contributed by atoms with Gasteiger partial charge in [-0.15, -0.1) is 0 Å². The predicted molar refractivity (Wildman–Crippen MR) is 77.6 cm³/mol. The van der Waals surface area contributed by atoms with Gasteiger partial charge in [-0.2, -0.15) is 5.10 Å². The molecule has 0 saturated carbocycles. The van der Waals surface area contributed by atoms with Crippen LogP contribution in [-0.2, 0) is 4.79 Å². The monoisotopic (exact) mass is 305 g/mol. The van der Waals surface area contributed by atoms with E-state index in [0.29, 0.717) is 22.6 Å². The van der Waals surface area contributed by atoms with Crippen LogP contribution < -0.4 is 5.32 Å². The normalized spacial score (nSPS) is 12.0. The summed E-state index contributed by atoms with van der Waals surface area (Å²) in [6.45, 7) is 4.74. The number of carboxylic acid groups (broad SMARTS) is 1. The van der Waals surface area contributed by atoms with E-state index in [2.05, 4.69) is 10.4 Å². The van der Waals surface area contributed by atoms with Gasteiger partial charge in [0.1, 0.15) is 11.9 Å². The van der Waals surface area contributed by atoms with Crippen LogP contribution in [0.15, 0.2) is 24.3 Å². The maximum Gasteiger partial charge on any atom is 0.325 e. The Labute approximate surface area is 126 Å². The molecule has 2 aromatic rings. The van der Waals surface area contributed by atoms with Crippen molar-refractivity contribution in [3.8, 4) is 5.69 Å². The number of carbonyl (C=O) groups excluding carboxylic acids is 1. The van der Waals surface area contributed by atoms with Crippen molar-refractivity contribution in [2.45, 2.75) is 26.8 Å². The van der Waals surface area contributed by atoms with Crippen LogP contribution in [0, 0.1) is 19.7 Å². The molecule has 1 heterocycles. The lowest BCUT2D eigenvalue weighted by atomic mass is 10.1. The van der Waals surface area contributed by atoms with Gasteiger partial charge in [-0.1, -0.05) is 0 Å². The molecule has 7 heteroatoms. The maximum absolute atomic E-state index is 13.0. The fraction of sp³-hybridized carbons (Fsp3) is 0.267. The van der Waals surface area contributed by atoms with Crippen LogP contribution in [0.2, 0.25) is 0 Å². The van der Waals surface area contributed by atoms with Crippen molar-refractivity contribution in [2.24, 2.45) is 0 Å². The van der Waals surface area contributed by atoms with Crippen molar-refractivity contribution in [3.05, 3.63) is 47.0 Å². The van der Waals surface area contributed by atoms with E-state index in [4.69, 9.17) is 5.11 Å². The predicted octanol–water partition coefficient (Wildman–Crippen LogP) is 1.83. The van der Waals surface area contributed by atoms with Crippen LogP contribution in [0.5, 0.6) is 0 Å². The first-order valence-corrected chi connectivity index (χ1v) is 6.67. The Hall–Kier alpha value is -2.70. The van der Waals surface area contributed by atoms with Crippen molar-refractivity contribution in [1.29, 1.82) is 0 Å². The van der Waals surface area contributed by atoms with Gasteiger partial charge in [0.2, 0.25) is 0 Å². The van der Waals surface area contributed by atoms with E-state index in [9.17, 15) is 14.0 Å². The van der Waals surface area contributed by atoms with Crippen LogP contribution in [0.4, 0.5) is 4.39 Å². The summed E-state index contributed by atoms with van der Waals surface area (Å²) in [5, 5.41) is 15.5. The molecule has 6 nitrogen and oxygen atoms in total. The van der Waals surface area contributed by atoms with Crippen LogP contribution in [-0.4, -0.2) is 32.8 Å². The third-order valence-electron chi connectivity index (χ3n) is 3.31. The van der Waals surface area contributed by atoms with E-state index in [0.717, 1.165) is 0 Å². The molecule has 1 atom stereocenters. The van der Waals surface area contributed by atoms with Gasteiger partial charge in [-0.05, 0) is 45.0 Å². The number of nitrogens with zero attached hydrogens (tertiary/aromatic N) is 2. The lowest BCUT2D eigenvalue weighted by Crippen LogP contribution is -2.38. The van der Waals surface area contributed by atoms with Crippen molar-refractivity contribution in [3.63, 3.8) is 0 Å². The number of carbonyl (C=O) groups is 2. The summed E-state index contributed by atoms with van der Waals surface area (Å²) >= 11 is 0. The Morgan fingerprint density at radius 2 is 1.86 bits per heavy atom. The fourth-order valence-corrected chi connectivity index (χ4v) is 2.14. The molecule has 0 aliphatic heterocycles. The zero-order valence-electron chi connectivity index (χ0n) is 12.4. The Morgan fingerprint density at radius 3 is 2.41 bits per heavy atom. The molecule has 1 amide bonds. The first-order valence-electron chi connectivity index (χ1n) is 6.67. The number of aliphatic carboxylic acids is 1. The highest BCUT2D eigenvalue weighted by atomic mass is 19.1. The summed E-state index contributed by atoms with van der Waals surface area (Å²) in [6.07, 6.45) is 0. The van der Waals surface area contributed by atoms with Crippen molar-refractivity contribution >= 4 is 11.9 Å². The zero-order chi connectivity index (χ0) is 16.4. The average Bonchev–Trinajstić information content (AvgIpc) is 2.74. The molecule has 0 saturated heterocycles. The molecule has 0 radical (unpaired) electrons. The number of aryl methyl sites for hydroxylation is 1. The van der Waals surface area contributed by atoms with Crippen LogP contribution in [0.3, 0.4) is 0 Å². The van der Waals surface area contributed by atoms with E-state index >= 15 is 0 Å².